The van der Waals surface area contributed by atoms with Gasteiger partial charge in [-0.2, -0.15) is 10.2 Å². The molecule has 96 valence electrons. The Balaban J connectivity index is 2.76. The van der Waals surface area contributed by atoms with E-state index in [1.165, 1.54) is 6.07 Å². The predicted octanol–water partition coefficient (Wildman–Crippen LogP) is 2.73. The number of hydrogen-bond donors (Lipinski definition) is 2. The summed E-state index contributed by atoms with van der Waals surface area (Å²) >= 11 is 8.82. The van der Waals surface area contributed by atoms with Crippen molar-refractivity contribution in [3.05, 3.63) is 33.0 Å². The molecule has 1 aromatic heterocycles. The van der Waals surface area contributed by atoms with E-state index in [9.17, 15) is 4.39 Å². The number of nitriles is 1. The molecule has 0 amide bonds. The van der Waals surface area contributed by atoms with E-state index in [1.54, 1.807) is 0 Å². The van der Waals surface area contributed by atoms with Crippen molar-refractivity contribution in [1.82, 2.24) is 9.97 Å². The molecular formula is C11H6BrClFN5. The van der Waals surface area contributed by atoms with Gasteiger partial charge >= 0.3 is 0 Å². The van der Waals surface area contributed by atoms with Crippen molar-refractivity contribution in [2.24, 2.45) is 0 Å². The molecule has 4 N–H and O–H groups in total. The Morgan fingerprint density at radius 3 is 2.58 bits per heavy atom. The number of nitrogen functional groups attached to an aromatic ring is 2. The highest BCUT2D eigenvalue weighted by molar-refractivity contribution is 9.10. The molecule has 2 rings (SSSR count). The van der Waals surface area contributed by atoms with Crippen LogP contribution in [0, 0.1) is 17.1 Å². The Bertz CT molecular complexity index is 690. The molecule has 0 aliphatic carbocycles. The first-order valence-electron chi connectivity index (χ1n) is 4.92. The maximum atomic E-state index is 13.6. The molecule has 0 fully saturated rings. The predicted molar refractivity (Wildman–Crippen MR) is 73.7 cm³/mol. The van der Waals surface area contributed by atoms with Gasteiger partial charge < -0.3 is 11.5 Å². The van der Waals surface area contributed by atoms with E-state index in [-0.39, 0.29) is 28.0 Å². The van der Waals surface area contributed by atoms with Crippen molar-refractivity contribution in [1.29, 1.82) is 5.26 Å². The first-order valence-corrected chi connectivity index (χ1v) is 6.09. The van der Waals surface area contributed by atoms with Crippen LogP contribution in [0.4, 0.5) is 16.2 Å². The summed E-state index contributed by atoms with van der Waals surface area (Å²) in [6, 6.07) is 4.54. The number of halogens is 3. The quantitative estimate of drug-likeness (QED) is 0.776. The summed E-state index contributed by atoms with van der Waals surface area (Å²) in [5.74, 6) is -0.805. The van der Waals surface area contributed by atoms with Gasteiger partial charge in [0.05, 0.1) is 10.7 Å². The first kappa shape index (κ1) is 13.5. The summed E-state index contributed by atoms with van der Waals surface area (Å²) in [4.78, 5) is 7.60. The largest absolute Gasteiger partial charge is 0.382 e. The van der Waals surface area contributed by atoms with Gasteiger partial charge in [0.25, 0.3) is 0 Å². The summed E-state index contributed by atoms with van der Waals surface area (Å²) in [5.41, 5.74) is 11.6. The van der Waals surface area contributed by atoms with Crippen LogP contribution in [0.2, 0.25) is 5.02 Å². The second kappa shape index (κ2) is 4.99. The highest BCUT2D eigenvalue weighted by Gasteiger charge is 2.16. The lowest BCUT2D eigenvalue weighted by molar-refractivity contribution is 0.628. The molecule has 0 saturated heterocycles. The number of anilines is 2. The van der Waals surface area contributed by atoms with Crippen molar-refractivity contribution in [3.63, 3.8) is 0 Å². The number of hydrogen-bond acceptors (Lipinski definition) is 5. The Morgan fingerprint density at radius 2 is 2.00 bits per heavy atom. The van der Waals surface area contributed by atoms with Crippen molar-refractivity contribution >= 4 is 39.3 Å². The lowest BCUT2D eigenvalue weighted by Crippen LogP contribution is -2.05. The maximum Gasteiger partial charge on any atom is 0.222 e. The molecule has 1 aromatic carbocycles. The third-order valence-electron chi connectivity index (χ3n) is 2.32. The summed E-state index contributed by atoms with van der Waals surface area (Å²) < 4.78 is 13.9. The van der Waals surface area contributed by atoms with Gasteiger partial charge in [-0.15, -0.1) is 0 Å². The van der Waals surface area contributed by atoms with Gasteiger partial charge in [-0.3, -0.25) is 0 Å². The van der Waals surface area contributed by atoms with E-state index in [0.29, 0.717) is 10.0 Å². The minimum Gasteiger partial charge on any atom is -0.382 e. The molecule has 0 aliphatic rings. The second-order valence-corrected chi connectivity index (χ2v) is 4.79. The molecule has 0 unspecified atom stereocenters. The fraction of sp³-hybridized carbons (Fsp3) is 0. The van der Waals surface area contributed by atoms with Crippen LogP contribution in [0.1, 0.15) is 5.56 Å². The molecule has 5 nitrogen and oxygen atoms in total. The van der Waals surface area contributed by atoms with E-state index in [0.717, 1.165) is 6.07 Å². The van der Waals surface area contributed by atoms with Gasteiger partial charge in [-0.05, 0) is 28.1 Å². The fourth-order valence-corrected chi connectivity index (χ4v) is 2.05. The van der Waals surface area contributed by atoms with E-state index in [4.69, 9.17) is 28.3 Å². The first-order chi connectivity index (χ1) is 8.93. The van der Waals surface area contributed by atoms with Crippen molar-refractivity contribution in [3.8, 4) is 17.3 Å². The zero-order valence-electron chi connectivity index (χ0n) is 9.28. The Morgan fingerprint density at radius 1 is 1.32 bits per heavy atom. The fourth-order valence-electron chi connectivity index (χ4n) is 1.51. The normalized spacial score (nSPS) is 10.2. The van der Waals surface area contributed by atoms with Crippen LogP contribution in [-0.4, -0.2) is 9.97 Å². The highest BCUT2D eigenvalue weighted by atomic mass is 79.9. The van der Waals surface area contributed by atoms with Crippen molar-refractivity contribution in [2.45, 2.75) is 0 Å². The smallest absolute Gasteiger partial charge is 0.222 e. The SMILES string of the molecule is N#Cc1c(N)nc(N)nc1-c1cc(F)c(Cl)c(Br)c1. The second-order valence-electron chi connectivity index (χ2n) is 3.56. The van der Waals surface area contributed by atoms with Gasteiger partial charge in [0, 0.05) is 10.0 Å². The van der Waals surface area contributed by atoms with Gasteiger partial charge in [0.15, 0.2) is 0 Å². The number of rotatable bonds is 1. The molecule has 0 atom stereocenters. The van der Waals surface area contributed by atoms with Crippen LogP contribution in [0.3, 0.4) is 0 Å². The molecule has 0 spiro atoms. The van der Waals surface area contributed by atoms with E-state index < -0.39 is 5.82 Å². The van der Waals surface area contributed by atoms with Crippen molar-refractivity contribution < 1.29 is 4.39 Å². The molecule has 0 aliphatic heterocycles. The van der Waals surface area contributed by atoms with Crippen molar-refractivity contribution in [2.75, 3.05) is 11.5 Å². The molecule has 0 saturated carbocycles. The van der Waals surface area contributed by atoms with Gasteiger partial charge in [-0.1, -0.05) is 11.6 Å². The maximum absolute atomic E-state index is 13.6. The molecule has 1 heterocycles. The van der Waals surface area contributed by atoms with Crippen LogP contribution in [-0.2, 0) is 0 Å². The summed E-state index contributed by atoms with van der Waals surface area (Å²) in [6.45, 7) is 0. The minimum absolute atomic E-state index is 0.0304. The average molecular weight is 343 g/mol. The number of benzene rings is 1. The van der Waals surface area contributed by atoms with Crippen LogP contribution in [0.5, 0.6) is 0 Å². The summed E-state index contributed by atoms with van der Waals surface area (Å²) in [7, 11) is 0. The van der Waals surface area contributed by atoms with Crippen LogP contribution in [0.15, 0.2) is 16.6 Å². The van der Waals surface area contributed by atoms with Crippen LogP contribution in [0.25, 0.3) is 11.3 Å². The molecule has 8 heteroatoms. The third kappa shape index (κ3) is 2.45. The van der Waals surface area contributed by atoms with E-state index in [2.05, 4.69) is 25.9 Å². The zero-order chi connectivity index (χ0) is 14.2. The monoisotopic (exact) mass is 341 g/mol. The van der Waals surface area contributed by atoms with Crippen LogP contribution < -0.4 is 11.5 Å². The molecular weight excluding hydrogens is 337 g/mol. The lowest BCUT2D eigenvalue weighted by Gasteiger charge is -2.08. The Kier molecular flexibility index (Phi) is 3.55. The molecule has 2 aromatic rings. The van der Waals surface area contributed by atoms with Gasteiger partial charge in [0.1, 0.15) is 23.3 Å². The van der Waals surface area contributed by atoms with Crippen LogP contribution >= 0.6 is 27.5 Å². The molecule has 0 radical (unpaired) electrons. The Hall–Kier alpha value is -1.91. The number of aromatic nitrogens is 2. The standard InChI is InChI=1S/C11H6BrClFN5/c12-6-1-4(2-7(14)8(6)13)9-5(3-15)10(16)19-11(17)18-9/h1-2H,(H4,16,17,18,19). The lowest BCUT2D eigenvalue weighted by atomic mass is 10.1. The van der Waals surface area contributed by atoms with Gasteiger partial charge in [-0.25, -0.2) is 9.37 Å². The average Bonchev–Trinajstić information content (AvgIpc) is 2.34. The third-order valence-corrected chi connectivity index (χ3v) is 3.56. The topological polar surface area (TPSA) is 102 Å². The summed E-state index contributed by atoms with van der Waals surface area (Å²) in [5, 5.41) is 9.00. The minimum atomic E-state index is -0.648. The Labute approximate surface area is 121 Å². The number of nitrogens with two attached hydrogens (primary N) is 2. The molecule has 0 bridgehead atoms. The number of nitrogens with zero attached hydrogens (tertiary/aromatic N) is 3. The zero-order valence-corrected chi connectivity index (χ0v) is 11.6. The summed E-state index contributed by atoms with van der Waals surface area (Å²) in [6.07, 6.45) is 0. The van der Waals surface area contributed by atoms with E-state index >= 15 is 0 Å². The van der Waals surface area contributed by atoms with E-state index in [1.807, 2.05) is 6.07 Å². The molecule has 19 heavy (non-hydrogen) atoms. The highest BCUT2D eigenvalue weighted by Crippen LogP contribution is 2.33. The van der Waals surface area contributed by atoms with Gasteiger partial charge in [0.2, 0.25) is 5.95 Å².